The average molecular weight is 334 g/mol. The van der Waals surface area contributed by atoms with Crippen LogP contribution in [-0.2, 0) is 4.79 Å². The Morgan fingerprint density at radius 1 is 1.14 bits per heavy atom. The van der Waals surface area contributed by atoms with E-state index >= 15 is 0 Å². The van der Waals surface area contributed by atoms with E-state index in [0.29, 0.717) is 22.1 Å². The number of hydrogen-bond acceptors (Lipinski definition) is 3. The number of halogens is 2. The third kappa shape index (κ3) is 4.01. The summed E-state index contributed by atoms with van der Waals surface area (Å²) in [5.41, 5.74) is 0.0253. The Balaban J connectivity index is 2.25. The lowest BCUT2D eigenvalue weighted by molar-refractivity contribution is -0.132. The van der Waals surface area contributed by atoms with E-state index in [0.717, 1.165) is 0 Å². The van der Waals surface area contributed by atoms with Gasteiger partial charge in [0.25, 0.3) is 0 Å². The van der Waals surface area contributed by atoms with Crippen molar-refractivity contribution in [3.05, 3.63) is 63.6 Å². The molecule has 0 aliphatic heterocycles. The highest BCUT2D eigenvalue weighted by Gasteiger charge is 2.08. The van der Waals surface area contributed by atoms with E-state index in [1.807, 2.05) is 0 Å². The molecule has 0 unspecified atom stereocenters. The van der Waals surface area contributed by atoms with E-state index in [1.54, 1.807) is 48.5 Å². The maximum atomic E-state index is 10.8. The molecule has 6 heteroatoms. The second-order valence-corrected chi connectivity index (χ2v) is 5.06. The molecule has 0 bridgehead atoms. The monoisotopic (exact) mass is 333 g/mol. The molecule has 1 N–H and O–H groups in total. The first kappa shape index (κ1) is 15.9. The van der Waals surface area contributed by atoms with Crippen molar-refractivity contribution in [2.45, 2.75) is 0 Å². The smallest absolute Gasteiger partial charge is 0.346 e. The van der Waals surface area contributed by atoms with Gasteiger partial charge in [0.1, 0.15) is 23.1 Å². The number of rotatable bonds is 4. The van der Waals surface area contributed by atoms with Gasteiger partial charge in [-0.05, 0) is 54.1 Å². The zero-order valence-electron chi connectivity index (χ0n) is 11.1. The van der Waals surface area contributed by atoms with Crippen LogP contribution in [0, 0.1) is 11.3 Å². The Hall–Kier alpha value is -2.48. The molecule has 110 valence electrons. The van der Waals surface area contributed by atoms with Crippen LogP contribution < -0.4 is 4.74 Å². The summed E-state index contributed by atoms with van der Waals surface area (Å²) in [4.78, 5) is 10.8. The largest absolute Gasteiger partial charge is 0.477 e. The number of carbonyl (C=O) groups is 1. The summed E-state index contributed by atoms with van der Waals surface area (Å²) >= 11 is 11.9. The number of benzene rings is 2. The van der Waals surface area contributed by atoms with Crippen LogP contribution in [0.15, 0.2) is 48.0 Å². The van der Waals surface area contributed by atoms with Crippen molar-refractivity contribution >= 4 is 35.2 Å². The molecular weight excluding hydrogens is 325 g/mol. The lowest BCUT2D eigenvalue weighted by atomic mass is 10.1. The van der Waals surface area contributed by atoms with Crippen molar-refractivity contribution in [2.75, 3.05) is 0 Å². The molecule has 0 aliphatic rings. The Bertz CT molecular complexity index is 777. The van der Waals surface area contributed by atoms with Crippen molar-refractivity contribution < 1.29 is 14.6 Å². The minimum absolute atomic E-state index is 0.278. The minimum Gasteiger partial charge on any atom is -0.477 e. The topological polar surface area (TPSA) is 70.3 Å². The van der Waals surface area contributed by atoms with Crippen LogP contribution in [0.3, 0.4) is 0 Å². The van der Waals surface area contributed by atoms with Gasteiger partial charge in [-0.3, -0.25) is 0 Å². The Kier molecular flexibility index (Phi) is 5.05. The SMILES string of the molecule is N#CC(=Cc1ccc(Oc2ccc(Cl)cc2)cc1Cl)C(=O)O. The van der Waals surface area contributed by atoms with Gasteiger partial charge in [-0.2, -0.15) is 5.26 Å². The molecule has 0 atom stereocenters. The predicted molar refractivity (Wildman–Crippen MR) is 84.2 cm³/mol. The maximum absolute atomic E-state index is 10.8. The first-order valence-corrected chi connectivity index (χ1v) is 6.83. The summed E-state index contributed by atoms with van der Waals surface area (Å²) in [5.74, 6) is -0.231. The van der Waals surface area contributed by atoms with Crippen LogP contribution in [-0.4, -0.2) is 11.1 Å². The number of hydrogen-bond donors (Lipinski definition) is 1. The fourth-order valence-electron chi connectivity index (χ4n) is 1.62. The van der Waals surface area contributed by atoms with Crippen LogP contribution in [0.2, 0.25) is 10.0 Å². The Morgan fingerprint density at radius 3 is 2.32 bits per heavy atom. The van der Waals surface area contributed by atoms with Gasteiger partial charge >= 0.3 is 5.97 Å². The molecule has 0 spiro atoms. The quantitative estimate of drug-likeness (QED) is 0.645. The second-order valence-electron chi connectivity index (χ2n) is 4.21. The van der Waals surface area contributed by atoms with E-state index in [2.05, 4.69) is 0 Å². The van der Waals surface area contributed by atoms with Crippen molar-refractivity contribution in [3.63, 3.8) is 0 Å². The van der Waals surface area contributed by atoms with Crippen molar-refractivity contribution in [2.24, 2.45) is 0 Å². The zero-order chi connectivity index (χ0) is 16.1. The molecule has 0 heterocycles. The van der Waals surface area contributed by atoms with Gasteiger partial charge in [-0.25, -0.2) is 4.79 Å². The molecule has 2 rings (SSSR count). The molecule has 2 aromatic carbocycles. The second kappa shape index (κ2) is 6.99. The highest BCUT2D eigenvalue weighted by Crippen LogP contribution is 2.28. The number of carboxylic acids is 1. The lowest BCUT2D eigenvalue weighted by Crippen LogP contribution is -1.97. The normalized spacial score (nSPS) is 10.9. The van der Waals surface area contributed by atoms with E-state index in [1.165, 1.54) is 6.08 Å². The van der Waals surface area contributed by atoms with Gasteiger partial charge in [0.05, 0.1) is 5.02 Å². The molecular formula is C16H9Cl2NO3. The third-order valence-corrected chi connectivity index (χ3v) is 3.25. The first-order valence-electron chi connectivity index (χ1n) is 6.07. The predicted octanol–water partition coefficient (Wildman–Crippen LogP) is 4.78. The molecule has 0 aromatic heterocycles. The zero-order valence-corrected chi connectivity index (χ0v) is 12.6. The van der Waals surface area contributed by atoms with Gasteiger partial charge < -0.3 is 9.84 Å². The number of nitriles is 1. The fraction of sp³-hybridized carbons (Fsp3) is 0. The third-order valence-electron chi connectivity index (χ3n) is 2.67. The van der Waals surface area contributed by atoms with E-state index in [9.17, 15) is 4.79 Å². The fourth-order valence-corrected chi connectivity index (χ4v) is 1.98. The van der Waals surface area contributed by atoms with E-state index < -0.39 is 11.5 Å². The van der Waals surface area contributed by atoms with Crippen molar-refractivity contribution in [1.29, 1.82) is 5.26 Å². The van der Waals surface area contributed by atoms with Gasteiger partial charge in [0, 0.05) is 5.02 Å². The molecule has 0 saturated heterocycles. The summed E-state index contributed by atoms with van der Waals surface area (Å²) in [6.07, 6.45) is 1.21. The average Bonchev–Trinajstić information content (AvgIpc) is 2.48. The lowest BCUT2D eigenvalue weighted by Gasteiger charge is -2.07. The van der Waals surface area contributed by atoms with E-state index in [-0.39, 0.29) is 5.02 Å². The number of ether oxygens (including phenoxy) is 1. The summed E-state index contributed by atoms with van der Waals surface area (Å²) in [6, 6.07) is 13.2. The van der Waals surface area contributed by atoms with Crippen LogP contribution in [0.4, 0.5) is 0 Å². The molecule has 0 saturated carbocycles. The Morgan fingerprint density at radius 2 is 1.77 bits per heavy atom. The van der Waals surface area contributed by atoms with Crippen molar-refractivity contribution in [3.8, 4) is 17.6 Å². The molecule has 0 fully saturated rings. The minimum atomic E-state index is -1.31. The van der Waals surface area contributed by atoms with Crippen molar-refractivity contribution in [1.82, 2.24) is 0 Å². The number of aliphatic carboxylic acids is 1. The van der Waals surface area contributed by atoms with Crippen LogP contribution >= 0.6 is 23.2 Å². The van der Waals surface area contributed by atoms with E-state index in [4.69, 9.17) is 38.3 Å². The van der Waals surface area contributed by atoms with Gasteiger partial charge in [-0.1, -0.05) is 23.2 Å². The van der Waals surface area contributed by atoms with Gasteiger partial charge in [-0.15, -0.1) is 0 Å². The highest BCUT2D eigenvalue weighted by molar-refractivity contribution is 6.32. The maximum Gasteiger partial charge on any atom is 0.346 e. The standard InChI is InChI=1S/C16H9Cl2NO3/c17-12-2-5-13(6-3-12)22-14-4-1-10(15(18)8-14)7-11(9-19)16(20)21/h1-8H,(H,20,21). The molecule has 0 amide bonds. The highest BCUT2D eigenvalue weighted by atomic mass is 35.5. The van der Waals surface area contributed by atoms with Crippen LogP contribution in [0.1, 0.15) is 5.56 Å². The summed E-state index contributed by atoms with van der Waals surface area (Å²) in [7, 11) is 0. The first-order chi connectivity index (χ1) is 10.5. The van der Waals surface area contributed by atoms with Gasteiger partial charge in [0.15, 0.2) is 0 Å². The molecule has 4 nitrogen and oxygen atoms in total. The summed E-state index contributed by atoms with van der Waals surface area (Å²) in [5, 5.41) is 18.4. The van der Waals surface area contributed by atoms with Gasteiger partial charge in [0.2, 0.25) is 0 Å². The molecule has 22 heavy (non-hydrogen) atoms. The summed E-state index contributed by atoms with van der Waals surface area (Å²) < 4.78 is 5.60. The summed E-state index contributed by atoms with van der Waals surface area (Å²) in [6.45, 7) is 0. The molecule has 0 aliphatic carbocycles. The molecule has 0 radical (unpaired) electrons. The Labute approximate surface area is 136 Å². The molecule has 2 aromatic rings. The van der Waals surface area contributed by atoms with Crippen LogP contribution in [0.5, 0.6) is 11.5 Å². The number of carboxylic acid groups (broad SMARTS) is 1. The number of nitrogens with zero attached hydrogens (tertiary/aromatic N) is 1. The van der Waals surface area contributed by atoms with Crippen LogP contribution in [0.25, 0.3) is 6.08 Å².